The highest BCUT2D eigenvalue weighted by Crippen LogP contribution is 2.24. The molecule has 0 aliphatic rings. The summed E-state index contributed by atoms with van der Waals surface area (Å²) in [4.78, 5) is 58.7. The number of anilines is 3. The van der Waals surface area contributed by atoms with Crippen molar-refractivity contribution >= 4 is 52.4 Å². The number of amides is 3. The topological polar surface area (TPSA) is 238 Å². The number of carboxylic acids is 2. The van der Waals surface area contributed by atoms with Crippen LogP contribution in [0.5, 0.6) is 0 Å². The van der Waals surface area contributed by atoms with Crippen LogP contribution in [0.1, 0.15) is 31.8 Å². The van der Waals surface area contributed by atoms with E-state index in [4.69, 9.17) is 16.6 Å². The van der Waals surface area contributed by atoms with Crippen LogP contribution in [0.2, 0.25) is 0 Å². The molecule has 2 aromatic carbocycles. The number of aromatic carboxylic acids is 1. The molecule has 0 bridgehead atoms. The standard InChI is InChI=1S/C26H26N8O6/c27-20-19-16(11-29-21(19)34-25(28)33-20)9-6-13-4-7-14(8-5-13)22(35)32-18(24(38)39)12-30-26(40)31-17-3-1-2-15(10-17)23(36)37/h1-5,7-8,10-11,18H,6,9,12H2,(H,32,35)(H,36,37)(H,38,39)(H2,30,31,40)(H5,27,28,29,33,34)/t18-/m0/s1. The molecule has 40 heavy (non-hydrogen) atoms. The van der Waals surface area contributed by atoms with E-state index in [1.54, 1.807) is 30.5 Å². The minimum Gasteiger partial charge on any atom is -0.480 e. The molecule has 14 nitrogen and oxygen atoms in total. The van der Waals surface area contributed by atoms with E-state index in [0.717, 1.165) is 11.1 Å². The van der Waals surface area contributed by atoms with Gasteiger partial charge in [0, 0.05) is 17.4 Å². The number of benzene rings is 2. The minimum absolute atomic E-state index is 0.0256. The van der Waals surface area contributed by atoms with Crippen LogP contribution in [0, 0.1) is 0 Å². The van der Waals surface area contributed by atoms with Crippen LogP contribution < -0.4 is 27.4 Å². The van der Waals surface area contributed by atoms with E-state index in [1.807, 2.05) is 0 Å². The van der Waals surface area contributed by atoms with E-state index in [9.17, 15) is 24.3 Å². The predicted molar refractivity (Wildman–Crippen MR) is 146 cm³/mol. The largest absolute Gasteiger partial charge is 0.480 e. The molecule has 2 aromatic heterocycles. The van der Waals surface area contributed by atoms with Crippen molar-refractivity contribution in [3.63, 3.8) is 0 Å². The molecule has 1 atom stereocenters. The third-order valence-electron chi connectivity index (χ3n) is 6.00. The van der Waals surface area contributed by atoms with Crippen LogP contribution in [0.4, 0.5) is 22.2 Å². The van der Waals surface area contributed by atoms with E-state index in [-0.39, 0.29) is 28.6 Å². The number of H-pyrrole nitrogens is 1. The quantitative estimate of drug-likeness (QED) is 0.143. The van der Waals surface area contributed by atoms with Gasteiger partial charge in [-0.05, 0) is 54.3 Å². The fraction of sp³-hybridized carbons (Fsp3) is 0.154. The third kappa shape index (κ3) is 6.61. The summed E-state index contributed by atoms with van der Waals surface area (Å²) in [5.41, 5.74) is 14.5. The number of urea groups is 1. The number of carbonyl (C=O) groups excluding carboxylic acids is 2. The van der Waals surface area contributed by atoms with Gasteiger partial charge in [-0.1, -0.05) is 18.2 Å². The highest BCUT2D eigenvalue weighted by atomic mass is 16.4. The van der Waals surface area contributed by atoms with Crippen molar-refractivity contribution in [3.8, 4) is 0 Å². The Morgan fingerprint density at radius 1 is 0.950 bits per heavy atom. The number of rotatable bonds is 10. The second kappa shape index (κ2) is 11.8. The molecule has 3 amide bonds. The summed E-state index contributed by atoms with van der Waals surface area (Å²) in [7, 11) is 0. The summed E-state index contributed by atoms with van der Waals surface area (Å²) in [5, 5.41) is 26.4. The average molecular weight is 547 g/mol. The molecule has 14 heteroatoms. The number of aryl methyl sites for hydroxylation is 2. The van der Waals surface area contributed by atoms with Gasteiger partial charge in [0.15, 0.2) is 0 Å². The van der Waals surface area contributed by atoms with E-state index in [0.29, 0.717) is 23.9 Å². The molecular formula is C26H26N8O6. The van der Waals surface area contributed by atoms with Gasteiger partial charge in [0.1, 0.15) is 17.5 Å². The van der Waals surface area contributed by atoms with E-state index in [1.165, 1.54) is 24.3 Å². The van der Waals surface area contributed by atoms with Crippen LogP contribution in [-0.2, 0) is 17.6 Å². The number of carbonyl (C=O) groups is 4. The molecule has 10 N–H and O–H groups in total. The number of carboxylic acid groups (broad SMARTS) is 2. The minimum atomic E-state index is -1.41. The van der Waals surface area contributed by atoms with Crippen molar-refractivity contribution in [2.75, 3.05) is 23.3 Å². The van der Waals surface area contributed by atoms with Crippen molar-refractivity contribution < 1.29 is 29.4 Å². The van der Waals surface area contributed by atoms with Crippen LogP contribution in [0.15, 0.2) is 54.7 Å². The van der Waals surface area contributed by atoms with Crippen LogP contribution in [0.25, 0.3) is 11.0 Å². The molecule has 0 saturated heterocycles. The molecule has 0 spiro atoms. The molecule has 0 unspecified atom stereocenters. The van der Waals surface area contributed by atoms with E-state index in [2.05, 4.69) is 30.9 Å². The molecule has 4 rings (SSSR count). The molecule has 0 saturated carbocycles. The summed E-state index contributed by atoms with van der Waals surface area (Å²) in [6, 6.07) is 10.0. The van der Waals surface area contributed by atoms with Gasteiger partial charge in [0.25, 0.3) is 5.91 Å². The number of nitrogens with two attached hydrogens (primary N) is 2. The molecule has 0 radical (unpaired) electrons. The van der Waals surface area contributed by atoms with Crippen molar-refractivity contribution in [3.05, 3.63) is 77.0 Å². The Balaban J connectivity index is 1.31. The first-order valence-corrected chi connectivity index (χ1v) is 12.0. The van der Waals surface area contributed by atoms with Crippen LogP contribution in [0.3, 0.4) is 0 Å². The van der Waals surface area contributed by atoms with Gasteiger partial charge < -0.3 is 42.6 Å². The zero-order chi connectivity index (χ0) is 28.8. The molecule has 4 aromatic rings. The van der Waals surface area contributed by atoms with Gasteiger partial charge in [-0.3, -0.25) is 4.79 Å². The van der Waals surface area contributed by atoms with Gasteiger partial charge in [0.05, 0.1) is 17.5 Å². The van der Waals surface area contributed by atoms with Crippen molar-refractivity contribution in [1.29, 1.82) is 0 Å². The summed E-state index contributed by atoms with van der Waals surface area (Å²) in [6.45, 7) is -0.410. The van der Waals surface area contributed by atoms with Gasteiger partial charge in [-0.2, -0.15) is 9.97 Å². The van der Waals surface area contributed by atoms with Gasteiger partial charge in [0.2, 0.25) is 5.95 Å². The van der Waals surface area contributed by atoms with Crippen LogP contribution >= 0.6 is 0 Å². The average Bonchev–Trinajstić information content (AvgIpc) is 3.33. The number of nitrogen functional groups attached to an aromatic ring is 2. The van der Waals surface area contributed by atoms with Gasteiger partial charge in [-0.25, -0.2) is 14.4 Å². The van der Waals surface area contributed by atoms with Gasteiger partial charge in [-0.15, -0.1) is 0 Å². The number of aromatic amines is 1. The third-order valence-corrected chi connectivity index (χ3v) is 6.00. The Morgan fingerprint density at radius 2 is 1.70 bits per heavy atom. The molecule has 0 fully saturated rings. The Morgan fingerprint density at radius 3 is 2.40 bits per heavy atom. The highest BCUT2D eigenvalue weighted by Gasteiger charge is 2.22. The first kappa shape index (κ1) is 27.4. The van der Waals surface area contributed by atoms with E-state index >= 15 is 0 Å². The summed E-state index contributed by atoms with van der Waals surface area (Å²) >= 11 is 0. The first-order valence-electron chi connectivity index (χ1n) is 12.0. The number of hydrogen-bond acceptors (Lipinski definition) is 8. The Hall–Kier alpha value is -5.66. The maximum atomic E-state index is 12.7. The Bertz CT molecular complexity index is 1580. The summed E-state index contributed by atoms with van der Waals surface area (Å²) in [5.74, 6) is -2.76. The Kier molecular flexibility index (Phi) is 8.08. The monoisotopic (exact) mass is 546 g/mol. The van der Waals surface area contributed by atoms with E-state index < -0.39 is 36.5 Å². The van der Waals surface area contributed by atoms with Crippen molar-refractivity contribution in [1.82, 2.24) is 25.6 Å². The second-order valence-electron chi connectivity index (χ2n) is 8.79. The molecule has 0 aliphatic heterocycles. The molecule has 0 aliphatic carbocycles. The second-order valence-corrected chi connectivity index (χ2v) is 8.79. The number of hydrogen-bond donors (Lipinski definition) is 8. The number of aromatic nitrogens is 3. The smallest absolute Gasteiger partial charge is 0.335 e. The lowest BCUT2D eigenvalue weighted by molar-refractivity contribution is -0.139. The lowest BCUT2D eigenvalue weighted by Gasteiger charge is -2.16. The predicted octanol–water partition coefficient (Wildman–Crippen LogP) is 1.61. The number of nitrogens with zero attached hydrogens (tertiary/aromatic N) is 2. The molecular weight excluding hydrogens is 520 g/mol. The normalized spacial score (nSPS) is 11.5. The highest BCUT2D eigenvalue weighted by molar-refractivity contribution is 5.97. The van der Waals surface area contributed by atoms with Gasteiger partial charge >= 0.3 is 18.0 Å². The van der Waals surface area contributed by atoms with Crippen molar-refractivity contribution in [2.24, 2.45) is 0 Å². The maximum absolute atomic E-state index is 12.7. The first-order chi connectivity index (χ1) is 19.1. The lowest BCUT2D eigenvalue weighted by Crippen LogP contribution is -2.49. The Labute approximate surface area is 226 Å². The SMILES string of the molecule is Nc1nc(N)c2c(CCc3ccc(C(=O)N[C@@H](CNC(=O)Nc4cccc(C(=O)O)c4)C(=O)O)cc3)c[nH]c2n1. The summed E-state index contributed by atoms with van der Waals surface area (Å²) < 4.78 is 0. The molecule has 2 heterocycles. The zero-order valence-corrected chi connectivity index (χ0v) is 21.0. The molecule has 206 valence electrons. The fourth-order valence-corrected chi connectivity index (χ4v) is 3.99. The van der Waals surface area contributed by atoms with Crippen molar-refractivity contribution in [2.45, 2.75) is 18.9 Å². The number of fused-ring (bicyclic) bond motifs is 1. The number of nitrogens with one attached hydrogen (secondary N) is 4. The van der Waals surface area contributed by atoms with Crippen LogP contribution in [-0.4, -0.2) is 61.6 Å². The maximum Gasteiger partial charge on any atom is 0.335 e. The fourth-order valence-electron chi connectivity index (χ4n) is 3.99. The lowest BCUT2D eigenvalue weighted by atomic mass is 10.0. The number of aliphatic carboxylic acids is 1. The zero-order valence-electron chi connectivity index (χ0n) is 21.0. The summed E-state index contributed by atoms with van der Waals surface area (Å²) in [6.07, 6.45) is 3.05.